The normalized spacial score (nSPS) is 12.7. The number of benzene rings is 1. The first-order valence-electron chi connectivity index (χ1n) is 5.92. The zero-order valence-corrected chi connectivity index (χ0v) is 12.3. The smallest absolute Gasteiger partial charge is 0.0669 e. The van der Waals surface area contributed by atoms with Crippen LogP contribution in [0, 0.1) is 6.92 Å². The fourth-order valence-electron chi connectivity index (χ4n) is 2.11. The second-order valence-corrected chi connectivity index (χ2v) is 5.34. The van der Waals surface area contributed by atoms with Crippen molar-refractivity contribution >= 4 is 23.2 Å². The molecule has 0 aliphatic rings. The molecule has 1 aromatic heterocycles. The van der Waals surface area contributed by atoms with Crippen molar-refractivity contribution in [2.24, 2.45) is 12.9 Å². The highest BCUT2D eigenvalue weighted by molar-refractivity contribution is 6.35. The van der Waals surface area contributed by atoms with Crippen LogP contribution in [0.1, 0.15) is 23.0 Å². The molecule has 0 saturated heterocycles. The maximum absolute atomic E-state index is 6.19. The maximum atomic E-state index is 6.19. The topological polar surface area (TPSA) is 55.9 Å². The van der Waals surface area contributed by atoms with Crippen LogP contribution in [0.3, 0.4) is 0 Å². The molecule has 0 aliphatic heterocycles. The van der Waals surface area contributed by atoms with E-state index in [2.05, 4.69) is 10.5 Å². The Morgan fingerprint density at radius 1 is 1.37 bits per heavy atom. The van der Waals surface area contributed by atoms with Gasteiger partial charge < -0.3 is 0 Å². The van der Waals surface area contributed by atoms with Gasteiger partial charge in [-0.1, -0.05) is 29.3 Å². The lowest BCUT2D eigenvalue weighted by Crippen LogP contribution is -2.31. The zero-order chi connectivity index (χ0) is 14.0. The number of rotatable bonds is 4. The van der Waals surface area contributed by atoms with Crippen LogP contribution < -0.4 is 11.3 Å². The number of aryl methyl sites for hydroxylation is 2. The summed E-state index contributed by atoms with van der Waals surface area (Å²) in [6.45, 7) is 1.95. The molecule has 2 rings (SSSR count). The molecule has 4 nitrogen and oxygen atoms in total. The Hall–Kier alpha value is -1.07. The summed E-state index contributed by atoms with van der Waals surface area (Å²) in [4.78, 5) is 0. The first kappa shape index (κ1) is 14.3. The first-order chi connectivity index (χ1) is 9.01. The second-order valence-electron chi connectivity index (χ2n) is 4.49. The van der Waals surface area contributed by atoms with E-state index >= 15 is 0 Å². The van der Waals surface area contributed by atoms with Gasteiger partial charge in [0.15, 0.2) is 0 Å². The lowest BCUT2D eigenvalue weighted by atomic mass is 10.0. The monoisotopic (exact) mass is 298 g/mol. The van der Waals surface area contributed by atoms with Crippen molar-refractivity contribution in [3.8, 4) is 0 Å². The molecule has 0 spiro atoms. The molecule has 0 saturated carbocycles. The molecule has 1 aromatic carbocycles. The molecule has 0 aliphatic carbocycles. The second kappa shape index (κ2) is 5.92. The molecule has 0 bridgehead atoms. The molecule has 1 atom stereocenters. The van der Waals surface area contributed by atoms with Crippen LogP contribution in [-0.4, -0.2) is 9.78 Å². The summed E-state index contributed by atoms with van der Waals surface area (Å²) >= 11 is 12.1. The van der Waals surface area contributed by atoms with Crippen molar-refractivity contribution in [3.63, 3.8) is 0 Å². The zero-order valence-electron chi connectivity index (χ0n) is 10.8. The molecule has 102 valence electrons. The van der Waals surface area contributed by atoms with Gasteiger partial charge in [-0.05, 0) is 37.1 Å². The largest absolute Gasteiger partial charge is 0.271 e. The highest BCUT2D eigenvalue weighted by Crippen LogP contribution is 2.26. The summed E-state index contributed by atoms with van der Waals surface area (Å²) in [6, 6.07) is 7.43. The van der Waals surface area contributed by atoms with Crippen molar-refractivity contribution in [2.75, 3.05) is 0 Å². The molecular weight excluding hydrogens is 283 g/mol. The summed E-state index contributed by atoms with van der Waals surface area (Å²) < 4.78 is 1.82. The van der Waals surface area contributed by atoms with Gasteiger partial charge >= 0.3 is 0 Å². The van der Waals surface area contributed by atoms with Gasteiger partial charge in [-0.3, -0.25) is 16.0 Å². The predicted molar refractivity (Wildman–Crippen MR) is 78.2 cm³/mol. The summed E-state index contributed by atoms with van der Waals surface area (Å²) in [6.07, 6.45) is 0.672. The Balaban J connectivity index is 2.26. The SMILES string of the molecule is Cc1cc(C(Cc2ccc(Cl)cc2Cl)NN)n(C)n1. The average Bonchev–Trinajstić information content (AvgIpc) is 2.68. The van der Waals surface area contributed by atoms with E-state index in [0.29, 0.717) is 16.5 Å². The number of hydrazine groups is 1. The molecule has 1 heterocycles. The summed E-state index contributed by atoms with van der Waals surface area (Å²) in [7, 11) is 1.90. The lowest BCUT2D eigenvalue weighted by Gasteiger charge is -2.17. The van der Waals surface area contributed by atoms with Gasteiger partial charge in [0.05, 0.1) is 17.4 Å². The minimum atomic E-state index is -0.0510. The molecule has 0 fully saturated rings. The number of hydrogen-bond acceptors (Lipinski definition) is 3. The van der Waals surface area contributed by atoms with Gasteiger partial charge in [0.1, 0.15) is 0 Å². The Labute approximate surface area is 122 Å². The predicted octanol–water partition coefficient (Wildman–Crippen LogP) is 2.78. The van der Waals surface area contributed by atoms with Crippen molar-refractivity contribution in [1.82, 2.24) is 15.2 Å². The molecule has 0 amide bonds. The maximum Gasteiger partial charge on any atom is 0.0669 e. The van der Waals surface area contributed by atoms with Crippen molar-refractivity contribution in [1.29, 1.82) is 0 Å². The number of nitrogens with one attached hydrogen (secondary N) is 1. The summed E-state index contributed by atoms with van der Waals surface area (Å²) in [5.41, 5.74) is 5.78. The first-order valence-corrected chi connectivity index (χ1v) is 6.67. The fraction of sp³-hybridized carbons (Fsp3) is 0.308. The van der Waals surface area contributed by atoms with Crippen molar-refractivity contribution in [2.45, 2.75) is 19.4 Å². The minimum Gasteiger partial charge on any atom is -0.271 e. The lowest BCUT2D eigenvalue weighted by molar-refractivity contribution is 0.508. The van der Waals surface area contributed by atoms with Gasteiger partial charge in [0.2, 0.25) is 0 Å². The molecule has 0 radical (unpaired) electrons. The number of nitrogens with zero attached hydrogens (tertiary/aromatic N) is 2. The molecule has 19 heavy (non-hydrogen) atoms. The van der Waals surface area contributed by atoms with E-state index in [9.17, 15) is 0 Å². The van der Waals surface area contributed by atoms with Crippen LogP contribution in [-0.2, 0) is 13.5 Å². The van der Waals surface area contributed by atoms with E-state index in [1.165, 1.54) is 0 Å². The Morgan fingerprint density at radius 3 is 2.63 bits per heavy atom. The van der Waals surface area contributed by atoms with Crippen LogP contribution in [0.25, 0.3) is 0 Å². The van der Waals surface area contributed by atoms with E-state index in [0.717, 1.165) is 17.0 Å². The highest BCUT2D eigenvalue weighted by Gasteiger charge is 2.16. The van der Waals surface area contributed by atoms with Gasteiger partial charge in [-0.15, -0.1) is 0 Å². The third kappa shape index (κ3) is 3.28. The number of halogens is 2. The molecule has 6 heteroatoms. The number of aromatic nitrogens is 2. The number of nitrogens with two attached hydrogens (primary N) is 1. The third-order valence-electron chi connectivity index (χ3n) is 3.04. The van der Waals surface area contributed by atoms with Gasteiger partial charge in [0, 0.05) is 17.1 Å². The van der Waals surface area contributed by atoms with Gasteiger partial charge in [-0.25, -0.2) is 0 Å². The van der Waals surface area contributed by atoms with E-state index < -0.39 is 0 Å². The quantitative estimate of drug-likeness (QED) is 0.674. The average molecular weight is 299 g/mol. The van der Waals surface area contributed by atoms with Gasteiger partial charge in [-0.2, -0.15) is 5.10 Å². The minimum absolute atomic E-state index is 0.0510. The number of hydrogen-bond donors (Lipinski definition) is 2. The Morgan fingerprint density at radius 2 is 2.11 bits per heavy atom. The van der Waals surface area contributed by atoms with Crippen LogP contribution in [0.5, 0.6) is 0 Å². The van der Waals surface area contributed by atoms with Crippen LogP contribution in [0.4, 0.5) is 0 Å². The molecular formula is C13H16Cl2N4. The summed E-state index contributed by atoms with van der Waals surface area (Å²) in [5, 5.41) is 5.60. The third-order valence-corrected chi connectivity index (χ3v) is 3.62. The van der Waals surface area contributed by atoms with Crippen LogP contribution in [0.2, 0.25) is 10.0 Å². The van der Waals surface area contributed by atoms with Crippen LogP contribution in [0.15, 0.2) is 24.3 Å². The van der Waals surface area contributed by atoms with Gasteiger partial charge in [0.25, 0.3) is 0 Å². The fourth-order valence-corrected chi connectivity index (χ4v) is 2.60. The highest BCUT2D eigenvalue weighted by atomic mass is 35.5. The van der Waals surface area contributed by atoms with Crippen molar-refractivity contribution < 1.29 is 0 Å². The van der Waals surface area contributed by atoms with E-state index in [1.54, 1.807) is 6.07 Å². The van der Waals surface area contributed by atoms with E-state index in [-0.39, 0.29) is 6.04 Å². The summed E-state index contributed by atoms with van der Waals surface area (Å²) in [5.74, 6) is 5.65. The Bertz CT molecular complexity index is 580. The molecule has 1 unspecified atom stereocenters. The van der Waals surface area contributed by atoms with Crippen molar-refractivity contribution in [3.05, 3.63) is 51.3 Å². The molecule has 3 N–H and O–H groups in total. The van der Waals surface area contributed by atoms with Crippen LogP contribution >= 0.6 is 23.2 Å². The van der Waals surface area contributed by atoms with E-state index in [1.807, 2.05) is 36.9 Å². The Kier molecular flexibility index (Phi) is 4.47. The standard InChI is InChI=1S/C13H16Cl2N4/c1-8-5-13(19(2)18-8)12(17-16)6-9-3-4-10(14)7-11(9)15/h3-5,7,12,17H,6,16H2,1-2H3. The van der Waals surface area contributed by atoms with E-state index in [4.69, 9.17) is 29.0 Å². The molecule has 2 aromatic rings.